The molecule has 0 saturated heterocycles. The Balaban J connectivity index is 2.99. The molecular formula is C20H33NO. The molecule has 22 heavy (non-hydrogen) atoms. The standard InChI is InChI=1S/C20H33NO/c1-7-8-13-21(16(4)5)19(20(22)15(2)3)14-18-11-9-17(6)10-12-18/h9-12,15-16,19H,7-8,13-14H2,1-6H3/t19-/m0/s1. The Morgan fingerprint density at radius 2 is 1.68 bits per heavy atom. The summed E-state index contributed by atoms with van der Waals surface area (Å²) in [6.07, 6.45) is 3.13. The highest BCUT2D eigenvalue weighted by atomic mass is 16.1. The average Bonchev–Trinajstić information content (AvgIpc) is 2.47. The molecule has 0 aliphatic carbocycles. The second-order valence-corrected chi connectivity index (χ2v) is 6.95. The maximum atomic E-state index is 12.8. The number of nitrogens with zero attached hydrogens (tertiary/aromatic N) is 1. The summed E-state index contributed by atoms with van der Waals surface area (Å²) < 4.78 is 0. The molecule has 1 aromatic carbocycles. The number of rotatable bonds is 9. The number of carbonyl (C=O) groups is 1. The van der Waals surface area contributed by atoms with Gasteiger partial charge in [0.05, 0.1) is 6.04 Å². The first-order valence-corrected chi connectivity index (χ1v) is 8.71. The smallest absolute Gasteiger partial charge is 0.152 e. The molecule has 0 amide bonds. The number of hydrogen-bond donors (Lipinski definition) is 0. The van der Waals surface area contributed by atoms with Crippen LogP contribution in [0.4, 0.5) is 0 Å². The molecule has 0 bridgehead atoms. The first-order valence-electron chi connectivity index (χ1n) is 8.71. The SMILES string of the molecule is CCCCN(C(C)C)[C@@H](Cc1ccc(C)cc1)C(=O)C(C)C. The van der Waals surface area contributed by atoms with Gasteiger partial charge < -0.3 is 0 Å². The maximum Gasteiger partial charge on any atom is 0.152 e. The Morgan fingerprint density at radius 3 is 2.14 bits per heavy atom. The van der Waals surface area contributed by atoms with Gasteiger partial charge in [-0.25, -0.2) is 0 Å². The lowest BCUT2D eigenvalue weighted by Crippen LogP contribution is -2.48. The summed E-state index contributed by atoms with van der Waals surface area (Å²) in [7, 11) is 0. The van der Waals surface area contributed by atoms with Gasteiger partial charge in [-0.05, 0) is 45.7 Å². The van der Waals surface area contributed by atoms with Crippen LogP contribution in [0.25, 0.3) is 0 Å². The van der Waals surface area contributed by atoms with Gasteiger partial charge in [-0.2, -0.15) is 0 Å². The quantitative estimate of drug-likeness (QED) is 0.662. The van der Waals surface area contributed by atoms with Crippen LogP contribution in [0.3, 0.4) is 0 Å². The van der Waals surface area contributed by atoms with E-state index in [0.29, 0.717) is 11.8 Å². The number of unbranched alkanes of at least 4 members (excludes halogenated alkanes) is 1. The van der Waals surface area contributed by atoms with Crippen molar-refractivity contribution in [1.29, 1.82) is 0 Å². The minimum atomic E-state index is -0.00532. The topological polar surface area (TPSA) is 20.3 Å². The van der Waals surface area contributed by atoms with Gasteiger partial charge in [-0.1, -0.05) is 57.0 Å². The summed E-state index contributed by atoms with van der Waals surface area (Å²) in [5, 5.41) is 0. The zero-order valence-corrected chi connectivity index (χ0v) is 15.2. The summed E-state index contributed by atoms with van der Waals surface area (Å²) in [5.41, 5.74) is 2.52. The zero-order chi connectivity index (χ0) is 16.7. The Kier molecular flexibility index (Phi) is 7.81. The van der Waals surface area contributed by atoms with Crippen molar-refractivity contribution in [3.8, 4) is 0 Å². The summed E-state index contributed by atoms with van der Waals surface area (Å²) >= 11 is 0. The van der Waals surface area contributed by atoms with Crippen LogP contribution < -0.4 is 0 Å². The van der Waals surface area contributed by atoms with E-state index < -0.39 is 0 Å². The summed E-state index contributed by atoms with van der Waals surface area (Å²) in [5.74, 6) is 0.448. The van der Waals surface area contributed by atoms with Crippen LogP contribution in [0, 0.1) is 12.8 Å². The van der Waals surface area contributed by atoms with E-state index in [4.69, 9.17) is 0 Å². The molecule has 0 heterocycles. The van der Waals surface area contributed by atoms with Crippen molar-refractivity contribution >= 4 is 5.78 Å². The molecule has 0 N–H and O–H groups in total. The number of benzene rings is 1. The highest BCUT2D eigenvalue weighted by molar-refractivity contribution is 5.86. The molecule has 1 aromatic rings. The van der Waals surface area contributed by atoms with Gasteiger partial charge in [0.1, 0.15) is 0 Å². The number of carbonyl (C=O) groups excluding carboxylic acids is 1. The van der Waals surface area contributed by atoms with E-state index in [9.17, 15) is 4.79 Å². The maximum absolute atomic E-state index is 12.8. The largest absolute Gasteiger partial charge is 0.298 e. The van der Waals surface area contributed by atoms with Crippen molar-refractivity contribution < 1.29 is 4.79 Å². The molecule has 2 nitrogen and oxygen atoms in total. The van der Waals surface area contributed by atoms with Crippen molar-refractivity contribution in [3.05, 3.63) is 35.4 Å². The van der Waals surface area contributed by atoms with Crippen LogP contribution in [0.15, 0.2) is 24.3 Å². The molecule has 2 heteroatoms. The van der Waals surface area contributed by atoms with Crippen LogP contribution in [-0.4, -0.2) is 29.3 Å². The molecule has 0 aliphatic heterocycles. The molecule has 0 aromatic heterocycles. The predicted octanol–water partition coefficient (Wildman–Crippen LogP) is 4.64. The van der Waals surface area contributed by atoms with Crippen molar-refractivity contribution in [2.24, 2.45) is 5.92 Å². The fourth-order valence-electron chi connectivity index (χ4n) is 2.83. The van der Waals surface area contributed by atoms with Gasteiger partial charge in [0.25, 0.3) is 0 Å². The van der Waals surface area contributed by atoms with Crippen molar-refractivity contribution in [2.45, 2.75) is 72.9 Å². The van der Waals surface area contributed by atoms with E-state index in [1.54, 1.807) is 0 Å². The van der Waals surface area contributed by atoms with E-state index in [0.717, 1.165) is 25.8 Å². The fraction of sp³-hybridized carbons (Fsp3) is 0.650. The summed E-state index contributed by atoms with van der Waals surface area (Å²) in [6.45, 7) is 13.7. The van der Waals surface area contributed by atoms with E-state index in [1.807, 2.05) is 13.8 Å². The average molecular weight is 303 g/mol. The van der Waals surface area contributed by atoms with Gasteiger partial charge in [-0.15, -0.1) is 0 Å². The van der Waals surface area contributed by atoms with Crippen molar-refractivity contribution in [3.63, 3.8) is 0 Å². The molecule has 0 saturated carbocycles. The van der Waals surface area contributed by atoms with Crippen molar-refractivity contribution in [2.75, 3.05) is 6.54 Å². The highest BCUT2D eigenvalue weighted by Crippen LogP contribution is 2.18. The number of aryl methyl sites for hydroxylation is 1. The van der Waals surface area contributed by atoms with Crippen LogP contribution in [0.2, 0.25) is 0 Å². The van der Waals surface area contributed by atoms with Gasteiger partial charge in [-0.3, -0.25) is 9.69 Å². The predicted molar refractivity (Wildman–Crippen MR) is 95.3 cm³/mol. The molecule has 0 aliphatic rings. The molecule has 124 valence electrons. The summed E-state index contributed by atoms with van der Waals surface area (Å²) in [4.78, 5) is 15.2. The van der Waals surface area contributed by atoms with Crippen LogP contribution in [0.5, 0.6) is 0 Å². The van der Waals surface area contributed by atoms with Gasteiger partial charge in [0.15, 0.2) is 5.78 Å². The van der Waals surface area contributed by atoms with Crippen LogP contribution in [-0.2, 0) is 11.2 Å². The molecule has 0 radical (unpaired) electrons. The molecule has 0 spiro atoms. The Morgan fingerprint density at radius 1 is 1.09 bits per heavy atom. The molecular weight excluding hydrogens is 270 g/mol. The number of hydrogen-bond acceptors (Lipinski definition) is 2. The molecule has 1 atom stereocenters. The Bertz CT molecular complexity index is 447. The monoisotopic (exact) mass is 303 g/mol. The van der Waals surface area contributed by atoms with Crippen molar-refractivity contribution in [1.82, 2.24) is 4.90 Å². The third-order valence-corrected chi connectivity index (χ3v) is 4.28. The van der Waals surface area contributed by atoms with Crippen LogP contribution >= 0.6 is 0 Å². The van der Waals surface area contributed by atoms with E-state index >= 15 is 0 Å². The fourth-order valence-corrected chi connectivity index (χ4v) is 2.83. The highest BCUT2D eigenvalue weighted by Gasteiger charge is 2.29. The van der Waals surface area contributed by atoms with Gasteiger partial charge in [0, 0.05) is 12.0 Å². The molecule has 0 unspecified atom stereocenters. The second kappa shape index (κ2) is 9.09. The van der Waals surface area contributed by atoms with E-state index in [2.05, 4.69) is 56.9 Å². The van der Waals surface area contributed by atoms with E-state index in [-0.39, 0.29) is 12.0 Å². The summed E-state index contributed by atoms with van der Waals surface area (Å²) in [6, 6.07) is 8.98. The first-order chi connectivity index (χ1) is 10.4. The third kappa shape index (κ3) is 5.57. The molecule has 0 fully saturated rings. The Labute approximate surface area is 136 Å². The first kappa shape index (κ1) is 18.9. The van der Waals surface area contributed by atoms with Gasteiger partial charge in [0.2, 0.25) is 0 Å². The number of ketones is 1. The second-order valence-electron chi connectivity index (χ2n) is 6.95. The van der Waals surface area contributed by atoms with Crippen LogP contribution in [0.1, 0.15) is 58.6 Å². The minimum absolute atomic E-state index is 0.00532. The Hall–Kier alpha value is -1.15. The zero-order valence-electron chi connectivity index (χ0n) is 15.2. The molecule has 1 rings (SSSR count). The minimum Gasteiger partial charge on any atom is -0.298 e. The lowest BCUT2D eigenvalue weighted by Gasteiger charge is -2.35. The normalized spacial score (nSPS) is 13.1. The van der Waals surface area contributed by atoms with E-state index in [1.165, 1.54) is 11.1 Å². The number of Topliss-reactive ketones (excluding diaryl/α,β-unsaturated/α-hetero) is 1. The lowest BCUT2D eigenvalue weighted by molar-refractivity contribution is -0.128. The third-order valence-electron chi connectivity index (χ3n) is 4.28. The lowest BCUT2D eigenvalue weighted by atomic mass is 9.93. The van der Waals surface area contributed by atoms with Gasteiger partial charge >= 0.3 is 0 Å².